The van der Waals surface area contributed by atoms with Crippen LogP contribution in [0.25, 0.3) is 10.9 Å². The highest BCUT2D eigenvalue weighted by molar-refractivity contribution is 5.93. The van der Waals surface area contributed by atoms with E-state index in [0.717, 1.165) is 30.5 Å². The van der Waals surface area contributed by atoms with Gasteiger partial charge in [0.25, 0.3) is 0 Å². The first-order valence-electron chi connectivity index (χ1n) is 7.43. The molecule has 108 valence electrons. The first-order chi connectivity index (χ1) is 9.67. The highest BCUT2D eigenvalue weighted by Crippen LogP contribution is 2.29. The Labute approximate surface area is 121 Å². The van der Waals surface area contributed by atoms with Crippen LogP contribution >= 0.6 is 0 Å². The summed E-state index contributed by atoms with van der Waals surface area (Å²) in [6, 6.07) is 8.62. The zero-order chi connectivity index (χ0) is 14.5. The highest BCUT2D eigenvalue weighted by atomic mass is 16.2. The Bertz CT molecular complexity index is 580. The fourth-order valence-electron chi connectivity index (χ4n) is 2.69. The van der Waals surface area contributed by atoms with Gasteiger partial charge in [0.15, 0.2) is 0 Å². The summed E-state index contributed by atoms with van der Waals surface area (Å²) in [6.45, 7) is 6.67. The Morgan fingerprint density at radius 2 is 2.05 bits per heavy atom. The molecule has 0 fully saturated rings. The molecule has 2 N–H and O–H groups in total. The summed E-state index contributed by atoms with van der Waals surface area (Å²) in [5.41, 5.74) is 4.64. The van der Waals surface area contributed by atoms with Crippen molar-refractivity contribution >= 4 is 16.6 Å². The molecule has 1 heterocycles. The average molecular weight is 272 g/mol. The Balaban J connectivity index is 2.43. The van der Waals surface area contributed by atoms with Gasteiger partial charge in [-0.15, -0.1) is 0 Å². The van der Waals surface area contributed by atoms with E-state index in [2.05, 4.69) is 44.3 Å². The maximum absolute atomic E-state index is 8.96. The number of hydrogen-bond acceptors (Lipinski definition) is 3. The fourth-order valence-corrected chi connectivity index (χ4v) is 2.69. The Hall–Kier alpha value is -1.61. The van der Waals surface area contributed by atoms with Gasteiger partial charge in [-0.2, -0.15) is 0 Å². The molecule has 2 aromatic rings. The van der Waals surface area contributed by atoms with Crippen LogP contribution < -0.4 is 5.32 Å². The van der Waals surface area contributed by atoms with E-state index in [0.29, 0.717) is 6.04 Å². The second-order valence-electron chi connectivity index (χ2n) is 5.33. The van der Waals surface area contributed by atoms with E-state index < -0.39 is 0 Å². The molecule has 3 nitrogen and oxygen atoms in total. The van der Waals surface area contributed by atoms with Gasteiger partial charge < -0.3 is 10.4 Å². The Kier molecular flexibility index (Phi) is 4.96. The van der Waals surface area contributed by atoms with Gasteiger partial charge in [-0.25, -0.2) is 0 Å². The van der Waals surface area contributed by atoms with Crippen molar-refractivity contribution in [3.8, 4) is 0 Å². The number of pyridine rings is 1. The first-order valence-corrected chi connectivity index (χ1v) is 7.43. The number of para-hydroxylation sites is 1. The zero-order valence-electron chi connectivity index (χ0n) is 12.6. The van der Waals surface area contributed by atoms with Gasteiger partial charge in [0, 0.05) is 29.4 Å². The normalized spacial score (nSPS) is 12.6. The van der Waals surface area contributed by atoms with Crippen molar-refractivity contribution in [2.45, 2.75) is 46.1 Å². The van der Waals surface area contributed by atoms with Crippen LogP contribution in [0.5, 0.6) is 0 Å². The molecule has 0 bridgehead atoms. The SMILES string of the molecule is CCc1c(C)nc2ccccc2c1NC(C)CCCO. The summed E-state index contributed by atoms with van der Waals surface area (Å²) in [4.78, 5) is 4.70. The van der Waals surface area contributed by atoms with Crippen LogP contribution in [0.3, 0.4) is 0 Å². The summed E-state index contributed by atoms with van der Waals surface area (Å²) in [7, 11) is 0. The number of rotatable bonds is 6. The van der Waals surface area contributed by atoms with Crippen molar-refractivity contribution in [3.05, 3.63) is 35.5 Å². The maximum atomic E-state index is 8.96. The van der Waals surface area contributed by atoms with Crippen molar-refractivity contribution in [1.29, 1.82) is 0 Å². The van der Waals surface area contributed by atoms with Gasteiger partial charge in [0.1, 0.15) is 0 Å². The lowest BCUT2D eigenvalue weighted by Gasteiger charge is -2.20. The number of aromatic nitrogens is 1. The number of aliphatic hydroxyl groups excluding tert-OH is 1. The molecule has 0 aliphatic rings. The molecule has 3 heteroatoms. The average Bonchev–Trinajstić information content (AvgIpc) is 2.45. The van der Waals surface area contributed by atoms with Crippen LogP contribution in [0.1, 0.15) is 37.9 Å². The molecule has 1 aromatic carbocycles. The lowest BCUT2D eigenvalue weighted by atomic mass is 10.0. The van der Waals surface area contributed by atoms with E-state index in [9.17, 15) is 0 Å². The molecule has 1 aromatic heterocycles. The molecule has 1 atom stereocenters. The third-order valence-corrected chi connectivity index (χ3v) is 3.74. The van der Waals surface area contributed by atoms with Gasteiger partial charge in [0.2, 0.25) is 0 Å². The second-order valence-corrected chi connectivity index (χ2v) is 5.33. The number of benzene rings is 1. The molecule has 0 aliphatic heterocycles. The zero-order valence-corrected chi connectivity index (χ0v) is 12.6. The molecule has 0 saturated heterocycles. The summed E-state index contributed by atoms with van der Waals surface area (Å²) >= 11 is 0. The molecule has 2 rings (SSSR count). The van der Waals surface area contributed by atoms with Crippen LogP contribution in [0.15, 0.2) is 24.3 Å². The lowest BCUT2D eigenvalue weighted by Crippen LogP contribution is -2.17. The molecule has 0 radical (unpaired) electrons. The molecule has 1 unspecified atom stereocenters. The van der Waals surface area contributed by atoms with Crippen molar-refractivity contribution in [1.82, 2.24) is 4.98 Å². The van der Waals surface area contributed by atoms with Crippen LogP contribution in [0, 0.1) is 6.92 Å². The van der Waals surface area contributed by atoms with Gasteiger partial charge in [-0.3, -0.25) is 4.98 Å². The van der Waals surface area contributed by atoms with Crippen molar-refractivity contribution in [3.63, 3.8) is 0 Å². The van der Waals surface area contributed by atoms with Crippen molar-refractivity contribution in [2.24, 2.45) is 0 Å². The third kappa shape index (κ3) is 3.10. The molecular formula is C17H24N2O. The summed E-state index contributed by atoms with van der Waals surface area (Å²) in [5, 5.41) is 13.8. The summed E-state index contributed by atoms with van der Waals surface area (Å²) in [6.07, 6.45) is 2.77. The molecule has 20 heavy (non-hydrogen) atoms. The predicted molar refractivity (Wildman–Crippen MR) is 85.3 cm³/mol. The molecule has 0 saturated carbocycles. The molecule has 0 aliphatic carbocycles. The van der Waals surface area contributed by atoms with E-state index in [4.69, 9.17) is 10.1 Å². The number of hydrogen-bond donors (Lipinski definition) is 2. The Morgan fingerprint density at radius 1 is 1.30 bits per heavy atom. The van der Waals surface area contributed by atoms with Gasteiger partial charge in [-0.05, 0) is 44.7 Å². The number of anilines is 1. The van der Waals surface area contributed by atoms with Crippen LogP contribution in [-0.4, -0.2) is 22.7 Å². The second kappa shape index (κ2) is 6.71. The first kappa shape index (κ1) is 14.8. The minimum Gasteiger partial charge on any atom is -0.396 e. The van der Waals surface area contributed by atoms with Gasteiger partial charge in [0.05, 0.1) is 5.52 Å². The minimum atomic E-state index is 0.253. The number of aryl methyl sites for hydroxylation is 1. The van der Waals surface area contributed by atoms with E-state index in [1.54, 1.807) is 0 Å². The maximum Gasteiger partial charge on any atom is 0.0726 e. The number of nitrogens with one attached hydrogen (secondary N) is 1. The number of nitrogens with zero attached hydrogens (tertiary/aromatic N) is 1. The topological polar surface area (TPSA) is 45.2 Å². The van der Waals surface area contributed by atoms with E-state index in [1.807, 2.05) is 6.07 Å². The van der Waals surface area contributed by atoms with Gasteiger partial charge >= 0.3 is 0 Å². The minimum absolute atomic E-state index is 0.253. The number of aliphatic hydroxyl groups is 1. The van der Waals surface area contributed by atoms with Crippen LogP contribution in [0.2, 0.25) is 0 Å². The summed E-state index contributed by atoms with van der Waals surface area (Å²) < 4.78 is 0. The monoisotopic (exact) mass is 272 g/mol. The van der Waals surface area contributed by atoms with Crippen molar-refractivity contribution in [2.75, 3.05) is 11.9 Å². The van der Waals surface area contributed by atoms with Crippen LogP contribution in [-0.2, 0) is 6.42 Å². The molecule has 0 spiro atoms. The summed E-state index contributed by atoms with van der Waals surface area (Å²) in [5.74, 6) is 0. The largest absolute Gasteiger partial charge is 0.396 e. The predicted octanol–water partition coefficient (Wildman–Crippen LogP) is 3.68. The van der Waals surface area contributed by atoms with E-state index in [1.165, 1.54) is 16.6 Å². The molecule has 0 amide bonds. The third-order valence-electron chi connectivity index (χ3n) is 3.74. The Morgan fingerprint density at radius 3 is 2.75 bits per heavy atom. The lowest BCUT2D eigenvalue weighted by molar-refractivity contribution is 0.282. The number of fused-ring (bicyclic) bond motifs is 1. The quantitative estimate of drug-likeness (QED) is 0.843. The molecular weight excluding hydrogens is 248 g/mol. The van der Waals surface area contributed by atoms with Crippen LogP contribution in [0.4, 0.5) is 5.69 Å². The fraction of sp³-hybridized carbons (Fsp3) is 0.471. The van der Waals surface area contributed by atoms with E-state index >= 15 is 0 Å². The van der Waals surface area contributed by atoms with E-state index in [-0.39, 0.29) is 6.61 Å². The van der Waals surface area contributed by atoms with Crippen molar-refractivity contribution < 1.29 is 5.11 Å². The highest BCUT2D eigenvalue weighted by Gasteiger charge is 2.13. The smallest absolute Gasteiger partial charge is 0.0726 e. The van der Waals surface area contributed by atoms with Gasteiger partial charge in [-0.1, -0.05) is 25.1 Å². The standard InChI is InChI=1S/C17H24N2O/c1-4-14-13(3)19-16-10-6-5-9-15(16)17(14)18-12(2)8-7-11-20/h5-6,9-10,12,20H,4,7-8,11H2,1-3H3,(H,18,19).